The van der Waals surface area contributed by atoms with Crippen molar-refractivity contribution >= 4 is 21.8 Å². The molecule has 0 aliphatic heterocycles. The fraction of sp³-hybridized carbons (Fsp3) is 0. The number of rotatable bonds is 7. The quantitative estimate of drug-likeness (QED) is 0.166. The lowest BCUT2D eigenvalue weighted by Crippen LogP contribution is -2.07. The Hall–Kier alpha value is -7.43. The summed E-state index contributed by atoms with van der Waals surface area (Å²) in [7, 11) is 0. The third kappa shape index (κ3) is 5.96. The number of aromatic nitrogens is 4. The molecule has 0 radical (unpaired) electrons. The van der Waals surface area contributed by atoms with E-state index in [0.717, 1.165) is 55.6 Å². The Balaban J connectivity index is 1.29. The molecule has 0 bridgehead atoms. The van der Waals surface area contributed by atoms with Crippen molar-refractivity contribution in [3.8, 4) is 73.2 Å². The van der Waals surface area contributed by atoms with Gasteiger partial charge in [-0.25, -0.2) is 4.98 Å². The maximum atomic E-state index is 9.38. The molecule has 0 aliphatic carbocycles. The molecular weight excluding hydrogens is 669 g/mol. The van der Waals surface area contributed by atoms with E-state index in [1.54, 1.807) is 0 Å². The average Bonchev–Trinajstić information content (AvgIpc) is 3.67. The van der Waals surface area contributed by atoms with Gasteiger partial charge in [-0.3, -0.25) is 4.57 Å². The molecule has 4 nitrogen and oxygen atoms in total. The second kappa shape index (κ2) is 13.8. The van der Waals surface area contributed by atoms with E-state index in [9.17, 15) is 2.74 Å². The van der Waals surface area contributed by atoms with Crippen molar-refractivity contribution in [1.82, 2.24) is 19.5 Å². The van der Waals surface area contributed by atoms with Crippen LogP contribution in [0.5, 0.6) is 0 Å². The summed E-state index contributed by atoms with van der Waals surface area (Å²) >= 11 is 0. The first-order valence-corrected chi connectivity index (χ1v) is 18.2. The number of nitrogens with zero attached hydrogens (tertiary/aromatic N) is 4. The molecular formula is C51H34N4. The van der Waals surface area contributed by atoms with Crippen LogP contribution in [0.1, 0.15) is 5.48 Å². The molecule has 0 saturated heterocycles. The van der Waals surface area contributed by atoms with Gasteiger partial charge >= 0.3 is 0 Å². The second-order valence-corrected chi connectivity index (χ2v) is 13.3. The smallest absolute Gasteiger partial charge is 0.238 e. The topological polar surface area (TPSA) is 43.6 Å². The number of benzene rings is 8. The van der Waals surface area contributed by atoms with Crippen LogP contribution < -0.4 is 0 Å². The highest BCUT2D eigenvalue weighted by atomic mass is 15.2. The van der Waals surface area contributed by atoms with E-state index in [0.29, 0.717) is 27.9 Å². The maximum Gasteiger partial charge on any atom is 0.238 e. The van der Waals surface area contributed by atoms with Crippen LogP contribution in [0.2, 0.25) is 0 Å². The molecule has 0 saturated carbocycles. The van der Waals surface area contributed by atoms with E-state index in [4.69, 9.17) is 17.7 Å². The molecule has 0 unspecified atom stereocenters. The minimum atomic E-state index is -0.334. The summed E-state index contributed by atoms with van der Waals surface area (Å²) in [6, 6.07) is 59.9. The molecule has 2 heterocycles. The molecule has 55 heavy (non-hydrogen) atoms. The summed E-state index contributed by atoms with van der Waals surface area (Å²) in [6.45, 7) is 0. The Bertz CT molecular complexity index is 3190. The van der Waals surface area contributed by atoms with Crippen molar-refractivity contribution < 1.29 is 5.48 Å². The van der Waals surface area contributed by atoms with Crippen molar-refractivity contribution in [3.63, 3.8) is 0 Å². The van der Waals surface area contributed by atoms with Crippen molar-refractivity contribution in [2.45, 2.75) is 0 Å². The molecule has 2 aromatic heterocycles. The summed E-state index contributed by atoms with van der Waals surface area (Å²) in [5.41, 5.74) is 10.5. The summed E-state index contributed by atoms with van der Waals surface area (Å²) in [5.74, 6) is 1.08. The predicted molar refractivity (Wildman–Crippen MR) is 227 cm³/mol. The van der Waals surface area contributed by atoms with Gasteiger partial charge in [0.1, 0.15) is 0 Å². The zero-order valence-electron chi connectivity index (χ0n) is 33.6. The van der Waals surface area contributed by atoms with Crippen LogP contribution in [-0.4, -0.2) is 19.5 Å². The van der Waals surface area contributed by atoms with Crippen LogP contribution in [0, 0.1) is 0 Å². The molecule has 0 aliphatic rings. The Labute approximate surface area is 325 Å². The second-order valence-electron chi connectivity index (χ2n) is 13.3. The normalized spacial score (nSPS) is 12.3. The minimum Gasteiger partial charge on any atom is -0.277 e. The zero-order chi connectivity index (χ0) is 40.0. The summed E-state index contributed by atoms with van der Waals surface area (Å²) in [4.78, 5) is 15.5. The lowest BCUT2D eigenvalue weighted by atomic mass is 9.93. The van der Waals surface area contributed by atoms with Crippen molar-refractivity contribution in [2.24, 2.45) is 0 Å². The van der Waals surface area contributed by atoms with Crippen LogP contribution in [0.4, 0.5) is 0 Å². The molecule has 0 N–H and O–H groups in total. The fourth-order valence-electron chi connectivity index (χ4n) is 7.40. The minimum absolute atomic E-state index is 0.125. The van der Waals surface area contributed by atoms with Crippen molar-refractivity contribution in [1.29, 1.82) is 0 Å². The largest absolute Gasteiger partial charge is 0.277 e. The molecule has 0 spiro atoms. The highest BCUT2D eigenvalue weighted by molar-refractivity contribution is 6.14. The summed E-state index contributed by atoms with van der Waals surface area (Å²) < 4.78 is 38.0. The Morgan fingerprint density at radius 3 is 1.60 bits per heavy atom. The van der Waals surface area contributed by atoms with Crippen molar-refractivity contribution in [2.75, 3.05) is 0 Å². The Morgan fingerprint density at radius 1 is 0.364 bits per heavy atom. The van der Waals surface area contributed by atoms with E-state index in [1.807, 2.05) is 114 Å². The molecule has 10 aromatic rings. The predicted octanol–water partition coefficient (Wildman–Crippen LogP) is 13.0. The summed E-state index contributed by atoms with van der Waals surface area (Å²) in [6.07, 6.45) is 0. The van der Waals surface area contributed by atoms with Gasteiger partial charge in [0.05, 0.1) is 16.5 Å². The van der Waals surface area contributed by atoms with Crippen LogP contribution in [0.15, 0.2) is 206 Å². The number of hydrogen-bond donors (Lipinski definition) is 0. The van der Waals surface area contributed by atoms with E-state index >= 15 is 0 Å². The lowest BCUT2D eigenvalue weighted by Gasteiger charge is -2.15. The van der Waals surface area contributed by atoms with E-state index in [2.05, 4.69) is 72.8 Å². The molecule has 8 aromatic carbocycles. The lowest BCUT2D eigenvalue weighted by molar-refractivity contribution is 0.954. The van der Waals surface area contributed by atoms with Crippen LogP contribution in [0.3, 0.4) is 0 Å². The Morgan fingerprint density at radius 2 is 0.873 bits per heavy atom. The van der Waals surface area contributed by atoms with Gasteiger partial charge in [-0.2, -0.15) is 9.97 Å². The maximum absolute atomic E-state index is 9.38. The van der Waals surface area contributed by atoms with Crippen LogP contribution in [0.25, 0.3) is 95.0 Å². The van der Waals surface area contributed by atoms with Gasteiger partial charge in [0.15, 0.2) is 11.6 Å². The SMILES string of the molecule is [2H]c1c([2H])c([2H])c2c(c1[2H])c1cccc(-c3ccccc3-c3ccccc3)c1n2-c1nc(-c2ccc(-c3ccccc3)cc2)nc(-c2cccc(-c3ccccc3)c2)n1. The third-order valence-corrected chi connectivity index (χ3v) is 10.0. The highest BCUT2D eigenvalue weighted by Crippen LogP contribution is 2.41. The van der Waals surface area contributed by atoms with Gasteiger partial charge in [-0.15, -0.1) is 0 Å². The fourth-order valence-corrected chi connectivity index (χ4v) is 7.40. The molecule has 0 amide bonds. The number of fused-ring (bicyclic) bond motifs is 3. The molecule has 258 valence electrons. The van der Waals surface area contributed by atoms with Gasteiger partial charge in [-0.05, 0) is 51.1 Å². The first-order chi connectivity index (χ1) is 28.9. The third-order valence-electron chi connectivity index (χ3n) is 10.0. The highest BCUT2D eigenvalue weighted by Gasteiger charge is 2.21. The van der Waals surface area contributed by atoms with Gasteiger partial charge in [0.25, 0.3) is 0 Å². The monoisotopic (exact) mass is 706 g/mol. The molecule has 10 rings (SSSR count). The van der Waals surface area contributed by atoms with E-state index in [-0.39, 0.29) is 35.6 Å². The van der Waals surface area contributed by atoms with Crippen LogP contribution in [-0.2, 0) is 0 Å². The van der Waals surface area contributed by atoms with Gasteiger partial charge in [-0.1, -0.05) is 194 Å². The number of para-hydroxylation sites is 2. The molecule has 0 fully saturated rings. The van der Waals surface area contributed by atoms with Gasteiger partial charge < -0.3 is 0 Å². The Kier molecular flexibility index (Phi) is 7.08. The standard InChI is InChI=1S/C51H34N4/c1-4-16-35(17-5-1)37-30-32-39(33-31-37)49-52-50(41-23-14-22-40(34-41)36-18-6-2-7-19-36)54-51(53-49)55-47-29-13-12-26-44(47)46-28-15-27-45(48(46)55)43-25-11-10-24-42(43)38-20-8-3-9-21-38/h1-34H/i12D,13D,26D,29D. The zero-order valence-corrected chi connectivity index (χ0v) is 29.6. The number of hydrogen-bond acceptors (Lipinski definition) is 3. The van der Waals surface area contributed by atoms with Crippen molar-refractivity contribution in [3.05, 3.63) is 206 Å². The first-order valence-electron chi connectivity index (χ1n) is 20.2. The molecule has 0 atom stereocenters. The van der Waals surface area contributed by atoms with E-state index < -0.39 is 0 Å². The average molecular weight is 707 g/mol. The van der Waals surface area contributed by atoms with E-state index in [1.165, 1.54) is 0 Å². The van der Waals surface area contributed by atoms with Crippen LogP contribution >= 0.6 is 0 Å². The molecule has 4 heteroatoms. The van der Waals surface area contributed by atoms with Gasteiger partial charge in [0, 0.05) is 27.5 Å². The summed E-state index contributed by atoms with van der Waals surface area (Å²) in [5, 5.41) is 1.06. The first kappa shape index (κ1) is 28.1. The van der Waals surface area contributed by atoms with Gasteiger partial charge in [0.2, 0.25) is 5.95 Å².